The van der Waals surface area contributed by atoms with Crippen LogP contribution in [0, 0.1) is 17.8 Å². The molecule has 5 heteroatoms. The molecule has 0 unspecified atom stereocenters. The molecule has 1 fully saturated rings. The van der Waals surface area contributed by atoms with E-state index in [0.717, 1.165) is 37.1 Å². The van der Waals surface area contributed by atoms with Crippen LogP contribution in [0.2, 0.25) is 5.02 Å². The second-order valence-electron chi connectivity index (χ2n) is 11.6. The summed E-state index contributed by atoms with van der Waals surface area (Å²) in [5, 5.41) is 14.4. The Balaban J connectivity index is 1.38. The van der Waals surface area contributed by atoms with Crippen molar-refractivity contribution in [2.75, 3.05) is 11.9 Å². The number of ether oxygens (including phenoxy) is 1. The zero-order chi connectivity index (χ0) is 26.8. The molecule has 5 rings (SSSR count). The Bertz CT molecular complexity index is 1250. The van der Waals surface area contributed by atoms with Gasteiger partial charge in [0.25, 0.3) is 0 Å². The largest absolute Gasteiger partial charge is 0.493 e. The average molecular weight is 532 g/mol. The van der Waals surface area contributed by atoms with Gasteiger partial charge in [0.1, 0.15) is 11.3 Å². The van der Waals surface area contributed by atoms with Crippen molar-refractivity contribution in [2.24, 2.45) is 17.8 Å². The van der Waals surface area contributed by atoms with Crippen LogP contribution >= 0.6 is 11.6 Å². The van der Waals surface area contributed by atoms with E-state index in [2.05, 4.69) is 43.4 Å². The van der Waals surface area contributed by atoms with Gasteiger partial charge in [-0.15, -0.1) is 0 Å². The number of nitrogens with one attached hydrogen (secondary N) is 1. The third-order valence-electron chi connectivity index (χ3n) is 9.15. The minimum absolute atomic E-state index is 0.00849. The maximum Gasteiger partial charge on any atom is 0.329 e. The Kier molecular flexibility index (Phi) is 7.72. The summed E-state index contributed by atoms with van der Waals surface area (Å²) in [5.41, 5.74) is 2.61. The summed E-state index contributed by atoms with van der Waals surface area (Å²) in [7, 11) is 0. The molecule has 0 saturated heterocycles. The monoisotopic (exact) mass is 531 g/mol. The maximum atomic E-state index is 12.7. The van der Waals surface area contributed by atoms with Crippen molar-refractivity contribution in [3.05, 3.63) is 95.0 Å². The van der Waals surface area contributed by atoms with Crippen LogP contribution in [0.4, 0.5) is 5.69 Å². The average Bonchev–Trinajstić information content (AvgIpc) is 3.21. The zero-order valence-corrected chi connectivity index (χ0v) is 23.1. The van der Waals surface area contributed by atoms with Crippen LogP contribution in [0.5, 0.6) is 5.75 Å². The lowest BCUT2D eigenvalue weighted by molar-refractivity contribution is -0.144. The number of carboxylic acid groups (broad SMARTS) is 1. The van der Waals surface area contributed by atoms with Crippen molar-refractivity contribution in [1.29, 1.82) is 0 Å². The molecule has 0 amide bonds. The number of fused-ring (bicyclic) bond motifs is 2. The third kappa shape index (κ3) is 5.29. The standard InChI is InChI=1S/C33H38ClNO3/c1-23(2)25(22-38-29-12-4-3-5-13-29)20-26-19-24-9-6-7-14-30(24)32(26)15-17-33(18-16-32,31(36)37)35-28-11-8-10-27(34)21-28/h3-14,21,23,25-26,35H,15-20,22H2,1-2H3,(H,36,37)/t25-,26+,32?,33?/m0/s1. The highest BCUT2D eigenvalue weighted by atomic mass is 35.5. The van der Waals surface area contributed by atoms with Gasteiger partial charge >= 0.3 is 5.97 Å². The van der Waals surface area contributed by atoms with Crippen molar-refractivity contribution in [2.45, 2.75) is 63.3 Å². The summed E-state index contributed by atoms with van der Waals surface area (Å²) in [6, 6.07) is 26.3. The van der Waals surface area contributed by atoms with Gasteiger partial charge in [0.2, 0.25) is 0 Å². The summed E-state index contributed by atoms with van der Waals surface area (Å²) >= 11 is 6.20. The number of anilines is 1. The van der Waals surface area contributed by atoms with Crippen LogP contribution in [0.3, 0.4) is 0 Å². The van der Waals surface area contributed by atoms with Crippen molar-refractivity contribution >= 4 is 23.3 Å². The first-order chi connectivity index (χ1) is 18.3. The molecule has 2 atom stereocenters. The fraction of sp³-hybridized carbons (Fsp3) is 0.424. The first-order valence-corrected chi connectivity index (χ1v) is 14.2. The normalized spacial score (nSPS) is 25.2. The lowest BCUT2D eigenvalue weighted by Crippen LogP contribution is -2.53. The van der Waals surface area contributed by atoms with E-state index >= 15 is 0 Å². The molecule has 1 saturated carbocycles. The van der Waals surface area contributed by atoms with Crippen LogP contribution in [0.1, 0.15) is 57.1 Å². The summed E-state index contributed by atoms with van der Waals surface area (Å²) in [6.45, 7) is 5.28. The number of halogens is 1. The van der Waals surface area contributed by atoms with E-state index in [1.807, 2.05) is 54.6 Å². The Morgan fingerprint density at radius 2 is 1.71 bits per heavy atom. The smallest absolute Gasteiger partial charge is 0.329 e. The number of aliphatic carboxylic acids is 1. The zero-order valence-electron chi connectivity index (χ0n) is 22.3. The van der Waals surface area contributed by atoms with Crippen molar-refractivity contribution < 1.29 is 14.6 Å². The van der Waals surface area contributed by atoms with Crippen LogP contribution < -0.4 is 10.1 Å². The minimum atomic E-state index is -0.994. The third-order valence-corrected chi connectivity index (χ3v) is 9.39. The van der Waals surface area contributed by atoms with E-state index in [1.54, 1.807) is 0 Å². The van der Waals surface area contributed by atoms with Crippen LogP contribution in [0.15, 0.2) is 78.9 Å². The predicted octanol–water partition coefficient (Wildman–Crippen LogP) is 8.00. The highest BCUT2D eigenvalue weighted by Gasteiger charge is 2.54. The van der Waals surface area contributed by atoms with Gasteiger partial charge in [-0.3, -0.25) is 0 Å². The van der Waals surface area contributed by atoms with E-state index in [9.17, 15) is 9.90 Å². The Morgan fingerprint density at radius 3 is 2.39 bits per heavy atom. The second kappa shape index (κ2) is 11.0. The Hall–Kier alpha value is -2.98. The van der Waals surface area contributed by atoms with Crippen LogP contribution in [0.25, 0.3) is 0 Å². The van der Waals surface area contributed by atoms with Crippen molar-refractivity contribution in [3.8, 4) is 5.75 Å². The summed E-state index contributed by atoms with van der Waals surface area (Å²) in [4.78, 5) is 12.7. The molecule has 2 aliphatic rings. The van der Waals surface area contributed by atoms with Crippen molar-refractivity contribution in [1.82, 2.24) is 0 Å². The molecule has 38 heavy (non-hydrogen) atoms. The van der Waals surface area contributed by atoms with E-state index in [-0.39, 0.29) is 5.41 Å². The highest BCUT2D eigenvalue weighted by molar-refractivity contribution is 6.30. The van der Waals surface area contributed by atoms with E-state index in [4.69, 9.17) is 16.3 Å². The molecule has 3 aromatic carbocycles. The van der Waals surface area contributed by atoms with E-state index in [0.29, 0.717) is 42.2 Å². The lowest BCUT2D eigenvalue weighted by atomic mass is 9.59. The molecule has 0 aliphatic heterocycles. The van der Waals surface area contributed by atoms with Gasteiger partial charge in [-0.2, -0.15) is 0 Å². The van der Waals surface area contributed by atoms with Gasteiger partial charge in [0.05, 0.1) is 6.61 Å². The number of carboxylic acids is 1. The number of rotatable bonds is 9. The topological polar surface area (TPSA) is 58.6 Å². The van der Waals surface area contributed by atoms with Gasteiger partial charge in [-0.25, -0.2) is 4.79 Å². The van der Waals surface area contributed by atoms with E-state index in [1.165, 1.54) is 11.1 Å². The second-order valence-corrected chi connectivity index (χ2v) is 12.0. The molecule has 3 aromatic rings. The van der Waals surface area contributed by atoms with Crippen LogP contribution in [-0.4, -0.2) is 23.2 Å². The number of hydrogen-bond donors (Lipinski definition) is 2. The van der Waals surface area contributed by atoms with Crippen LogP contribution in [-0.2, 0) is 16.6 Å². The molecule has 200 valence electrons. The summed E-state index contributed by atoms with van der Waals surface area (Å²) in [5.74, 6) is 1.50. The van der Waals surface area contributed by atoms with Gasteiger partial charge in [0.15, 0.2) is 0 Å². The maximum absolute atomic E-state index is 12.7. The first-order valence-electron chi connectivity index (χ1n) is 13.8. The van der Waals surface area contributed by atoms with E-state index < -0.39 is 11.5 Å². The molecule has 0 aromatic heterocycles. The molecular formula is C33H38ClNO3. The Morgan fingerprint density at radius 1 is 1.00 bits per heavy atom. The fourth-order valence-corrected chi connectivity index (χ4v) is 7.02. The molecular weight excluding hydrogens is 494 g/mol. The number of benzene rings is 3. The summed E-state index contributed by atoms with van der Waals surface area (Å²) in [6.07, 6.45) is 4.96. The Labute approximate surface area is 231 Å². The SMILES string of the molecule is CC(C)[C@H](COc1ccccc1)C[C@H]1Cc2ccccc2C12CCC(Nc1cccc(Cl)c1)(C(=O)O)CC2. The van der Waals surface area contributed by atoms with Gasteiger partial charge < -0.3 is 15.2 Å². The molecule has 0 bridgehead atoms. The molecule has 0 radical (unpaired) electrons. The fourth-order valence-electron chi connectivity index (χ4n) is 6.83. The number of hydrogen-bond acceptors (Lipinski definition) is 3. The van der Waals surface area contributed by atoms with Gasteiger partial charge in [-0.1, -0.05) is 74.0 Å². The minimum Gasteiger partial charge on any atom is -0.493 e. The number of para-hydroxylation sites is 1. The predicted molar refractivity (Wildman–Crippen MR) is 154 cm³/mol. The summed E-state index contributed by atoms with van der Waals surface area (Å²) < 4.78 is 6.23. The quantitative estimate of drug-likeness (QED) is 0.293. The van der Waals surface area contributed by atoms with Gasteiger partial charge in [-0.05, 0) is 103 Å². The highest BCUT2D eigenvalue weighted by Crippen LogP contribution is 2.56. The molecule has 2 N–H and O–H groups in total. The van der Waals surface area contributed by atoms with Gasteiger partial charge in [0, 0.05) is 10.7 Å². The molecule has 4 nitrogen and oxygen atoms in total. The number of carbonyl (C=O) groups is 1. The lowest BCUT2D eigenvalue weighted by Gasteiger charge is -2.47. The molecule has 1 spiro atoms. The molecule has 0 heterocycles. The van der Waals surface area contributed by atoms with Crippen molar-refractivity contribution in [3.63, 3.8) is 0 Å². The molecule has 2 aliphatic carbocycles. The first kappa shape index (κ1) is 26.6.